The molecule has 21 heavy (non-hydrogen) atoms. The molecule has 0 bridgehead atoms. The van der Waals surface area contributed by atoms with Crippen molar-refractivity contribution in [2.45, 2.75) is 44.8 Å². The zero-order valence-electron chi connectivity index (χ0n) is 12.8. The summed E-state index contributed by atoms with van der Waals surface area (Å²) < 4.78 is 6.34. The zero-order chi connectivity index (χ0) is 14.5. The van der Waals surface area contributed by atoms with Gasteiger partial charge >= 0.3 is 0 Å². The molecule has 3 rings (SSSR count). The van der Waals surface area contributed by atoms with Crippen molar-refractivity contribution in [1.29, 1.82) is 0 Å². The summed E-state index contributed by atoms with van der Waals surface area (Å²) in [6, 6.07) is 15.1. The molecule has 0 amide bonds. The van der Waals surface area contributed by atoms with Crippen LogP contribution in [0.5, 0.6) is 0 Å². The highest BCUT2D eigenvalue weighted by Crippen LogP contribution is 2.37. The standard InChI is InChI=1S/C19H24NO/c1-2-3-15-21-19(13-6-7-14-20-19)18-12-8-10-16-9-4-5-11-17(16)18/h4-5,8-12H,2-3,6-7,13-15H2,1H3. The lowest BCUT2D eigenvalue weighted by Crippen LogP contribution is -2.43. The van der Waals surface area contributed by atoms with Crippen LogP contribution in [-0.4, -0.2) is 13.2 Å². The first-order valence-corrected chi connectivity index (χ1v) is 8.16. The summed E-state index contributed by atoms with van der Waals surface area (Å²) in [5, 5.41) is 7.48. The van der Waals surface area contributed by atoms with Crippen molar-refractivity contribution >= 4 is 10.8 Å². The van der Waals surface area contributed by atoms with Gasteiger partial charge < -0.3 is 4.74 Å². The Bertz CT molecular complexity index is 582. The molecule has 0 N–H and O–H groups in total. The van der Waals surface area contributed by atoms with Gasteiger partial charge in [0.1, 0.15) is 0 Å². The fourth-order valence-electron chi connectivity index (χ4n) is 3.18. The van der Waals surface area contributed by atoms with E-state index in [9.17, 15) is 0 Å². The lowest BCUT2D eigenvalue weighted by Gasteiger charge is -2.38. The number of unbranched alkanes of at least 4 members (excludes halogenated alkanes) is 1. The molecule has 1 aliphatic rings. The van der Waals surface area contributed by atoms with E-state index in [-0.39, 0.29) is 0 Å². The number of benzene rings is 2. The molecule has 0 spiro atoms. The van der Waals surface area contributed by atoms with Gasteiger partial charge in [0, 0.05) is 18.7 Å². The molecule has 1 heterocycles. The van der Waals surface area contributed by atoms with E-state index in [4.69, 9.17) is 10.1 Å². The lowest BCUT2D eigenvalue weighted by molar-refractivity contribution is -0.0972. The Morgan fingerprint density at radius 2 is 1.95 bits per heavy atom. The van der Waals surface area contributed by atoms with Gasteiger partial charge in [-0.2, -0.15) is 0 Å². The average molecular weight is 282 g/mol. The van der Waals surface area contributed by atoms with Crippen LogP contribution >= 0.6 is 0 Å². The van der Waals surface area contributed by atoms with E-state index in [0.29, 0.717) is 0 Å². The van der Waals surface area contributed by atoms with Crippen LogP contribution in [0.25, 0.3) is 10.8 Å². The summed E-state index contributed by atoms with van der Waals surface area (Å²) in [6.45, 7) is 3.91. The molecule has 0 aromatic heterocycles. The maximum atomic E-state index is 6.34. The molecule has 1 unspecified atom stereocenters. The molecular weight excluding hydrogens is 258 g/mol. The Hall–Kier alpha value is -1.38. The second-order valence-electron chi connectivity index (χ2n) is 5.85. The number of hydrogen-bond donors (Lipinski definition) is 0. The van der Waals surface area contributed by atoms with Gasteiger partial charge in [-0.05, 0) is 36.5 Å². The van der Waals surface area contributed by atoms with Gasteiger partial charge in [-0.25, -0.2) is 5.32 Å². The minimum atomic E-state index is -0.422. The summed E-state index contributed by atoms with van der Waals surface area (Å²) in [7, 11) is 0. The number of rotatable bonds is 5. The molecule has 2 aromatic carbocycles. The van der Waals surface area contributed by atoms with E-state index in [1.807, 2.05) is 0 Å². The number of piperidine rings is 1. The minimum absolute atomic E-state index is 0.422. The van der Waals surface area contributed by atoms with Gasteiger partial charge in [-0.1, -0.05) is 55.8 Å². The van der Waals surface area contributed by atoms with Crippen molar-refractivity contribution in [3.05, 3.63) is 48.0 Å². The molecular formula is C19H24NO. The van der Waals surface area contributed by atoms with E-state index in [0.717, 1.165) is 32.4 Å². The van der Waals surface area contributed by atoms with Crippen LogP contribution in [0, 0.1) is 0 Å². The molecule has 2 heteroatoms. The van der Waals surface area contributed by atoms with Crippen molar-refractivity contribution in [3.8, 4) is 0 Å². The summed E-state index contributed by atoms with van der Waals surface area (Å²) >= 11 is 0. The number of fused-ring (bicyclic) bond motifs is 1. The van der Waals surface area contributed by atoms with Crippen LogP contribution in [0.1, 0.15) is 44.6 Å². The SMILES string of the molecule is CCCCOC1(c2cccc3ccccc23)CCCC[N]1. The largest absolute Gasteiger partial charge is 0.355 e. The Labute approximate surface area is 127 Å². The van der Waals surface area contributed by atoms with E-state index in [1.165, 1.54) is 29.2 Å². The second-order valence-corrected chi connectivity index (χ2v) is 5.85. The number of hydrogen-bond acceptors (Lipinski definition) is 1. The van der Waals surface area contributed by atoms with E-state index < -0.39 is 5.72 Å². The maximum absolute atomic E-state index is 6.34. The van der Waals surface area contributed by atoms with E-state index in [1.54, 1.807) is 0 Å². The van der Waals surface area contributed by atoms with Gasteiger partial charge in [0.05, 0.1) is 0 Å². The van der Waals surface area contributed by atoms with Crippen LogP contribution < -0.4 is 5.32 Å². The normalized spacial score (nSPS) is 22.5. The maximum Gasteiger partial charge on any atom is 0.160 e. The second kappa shape index (κ2) is 6.59. The molecule has 2 aromatic rings. The Morgan fingerprint density at radius 1 is 1.10 bits per heavy atom. The Balaban J connectivity index is 2.01. The predicted octanol–water partition coefficient (Wildman–Crippen LogP) is 4.60. The van der Waals surface area contributed by atoms with Gasteiger partial charge in [-0.3, -0.25) is 0 Å². The smallest absolute Gasteiger partial charge is 0.160 e. The van der Waals surface area contributed by atoms with Crippen LogP contribution in [0.2, 0.25) is 0 Å². The quantitative estimate of drug-likeness (QED) is 0.735. The molecule has 0 saturated carbocycles. The molecule has 1 radical (unpaired) electrons. The van der Waals surface area contributed by atoms with Crippen LogP contribution in [0.4, 0.5) is 0 Å². The van der Waals surface area contributed by atoms with Crippen molar-refractivity contribution < 1.29 is 4.74 Å². The van der Waals surface area contributed by atoms with Gasteiger partial charge in [0.25, 0.3) is 0 Å². The average Bonchev–Trinajstić information content (AvgIpc) is 2.55. The number of nitrogens with zero attached hydrogens (tertiary/aromatic N) is 1. The zero-order valence-corrected chi connectivity index (χ0v) is 12.8. The lowest BCUT2D eigenvalue weighted by atomic mass is 9.89. The van der Waals surface area contributed by atoms with E-state index in [2.05, 4.69) is 49.4 Å². The van der Waals surface area contributed by atoms with Crippen LogP contribution in [-0.2, 0) is 10.5 Å². The molecule has 1 atom stereocenters. The van der Waals surface area contributed by atoms with Crippen molar-refractivity contribution in [2.24, 2.45) is 0 Å². The molecule has 1 saturated heterocycles. The summed E-state index contributed by atoms with van der Waals surface area (Å²) in [5.74, 6) is 0. The first-order chi connectivity index (χ1) is 10.4. The first kappa shape index (κ1) is 14.6. The fourth-order valence-corrected chi connectivity index (χ4v) is 3.18. The van der Waals surface area contributed by atoms with Gasteiger partial charge in [-0.15, -0.1) is 0 Å². The monoisotopic (exact) mass is 282 g/mol. The molecule has 1 aliphatic heterocycles. The third kappa shape index (κ3) is 2.97. The molecule has 0 aliphatic carbocycles. The Kier molecular flexibility index (Phi) is 4.57. The van der Waals surface area contributed by atoms with Crippen LogP contribution in [0.3, 0.4) is 0 Å². The minimum Gasteiger partial charge on any atom is -0.355 e. The van der Waals surface area contributed by atoms with Crippen molar-refractivity contribution in [3.63, 3.8) is 0 Å². The number of ether oxygens (including phenoxy) is 1. The Morgan fingerprint density at radius 3 is 2.76 bits per heavy atom. The molecule has 2 nitrogen and oxygen atoms in total. The highest BCUT2D eigenvalue weighted by Gasteiger charge is 2.37. The molecule has 1 fully saturated rings. The summed E-state index contributed by atoms with van der Waals surface area (Å²) in [5.41, 5.74) is 0.824. The highest BCUT2D eigenvalue weighted by atomic mass is 16.5. The summed E-state index contributed by atoms with van der Waals surface area (Å²) in [4.78, 5) is 0. The summed E-state index contributed by atoms with van der Waals surface area (Å²) in [6.07, 6.45) is 5.64. The van der Waals surface area contributed by atoms with E-state index >= 15 is 0 Å². The van der Waals surface area contributed by atoms with Crippen molar-refractivity contribution in [2.75, 3.05) is 13.2 Å². The third-order valence-corrected chi connectivity index (χ3v) is 4.34. The molecule has 111 valence electrons. The van der Waals surface area contributed by atoms with Gasteiger partial charge in [0.2, 0.25) is 0 Å². The topological polar surface area (TPSA) is 23.3 Å². The first-order valence-electron chi connectivity index (χ1n) is 8.16. The van der Waals surface area contributed by atoms with Crippen LogP contribution in [0.15, 0.2) is 42.5 Å². The van der Waals surface area contributed by atoms with Gasteiger partial charge in [0.15, 0.2) is 5.72 Å². The predicted molar refractivity (Wildman–Crippen MR) is 87.3 cm³/mol. The fraction of sp³-hybridized carbons (Fsp3) is 0.474. The van der Waals surface area contributed by atoms with Crippen molar-refractivity contribution in [1.82, 2.24) is 5.32 Å². The highest BCUT2D eigenvalue weighted by molar-refractivity contribution is 5.86. The third-order valence-electron chi connectivity index (χ3n) is 4.34.